The molecule has 0 spiro atoms. The summed E-state index contributed by atoms with van der Waals surface area (Å²) in [6.07, 6.45) is 7.14. The molecule has 78 heavy (non-hydrogen) atoms. The summed E-state index contributed by atoms with van der Waals surface area (Å²) in [5.74, 6) is 0.322. The number of phenols is 1. The number of nitrogens with two attached hydrogens (primary N) is 1. The molecule has 20 heteroatoms. The number of anilines is 3. The topological polar surface area (TPSA) is 231 Å². The Kier molecular flexibility index (Phi) is 15.6. The molecule has 1 aliphatic carbocycles. The number of carbonyl (C=O) groups is 2. The Hall–Kier alpha value is -6.87. The molecule has 8 atom stereocenters. The molecule has 8 heterocycles. The minimum absolute atomic E-state index is 0.0488. The van der Waals surface area contributed by atoms with Gasteiger partial charge in [0.25, 0.3) is 5.88 Å². The molecule has 11 rings (SSSR count). The molecule has 5 N–H and O–H groups in total. The number of thiazole rings is 1. The average molecular weight is 1080 g/mol. The third kappa shape index (κ3) is 11.4. The molecule has 4 saturated heterocycles. The van der Waals surface area contributed by atoms with Crippen molar-refractivity contribution in [1.29, 1.82) is 0 Å². The predicted molar refractivity (Wildman–Crippen MR) is 296 cm³/mol. The zero-order valence-electron chi connectivity index (χ0n) is 45.0. The van der Waals surface area contributed by atoms with Gasteiger partial charge in [-0.05, 0) is 92.9 Å². The van der Waals surface area contributed by atoms with Gasteiger partial charge in [-0.25, -0.2) is 9.97 Å². The van der Waals surface area contributed by atoms with Gasteiger partial charge in [0.15, 0.2) is 11.6 Å². The van der Waals surface area contributed by atoms with Crippen LogP contribution >= 0.6 is 11.3 Å². The van der Waals surface area contributed by atoms with Gasteiger partial charge in [0.2, 0.25) is 17.7 Å². The number of phenolic OH excluding ortho intramolecular Hbond substituents is 1. The Morgan fingerprint density at radius 3 is 2.41 bits per heavy atom. The molecule has 2 amide bonds. The first-order valence-electron chi connectivity index (χ1n) is 27.6. The number of aliphatic hydroxyl groups excluding tert-OH is 1. The number of nitrogens with zero attached hydrogens (tertiary/aromatic N) is 9. The van der Waals surface area contributed by atoms with Crippen molar-refractivity contribution in [2.75, 3.05) is 54.9 Å². The summed E-state index contributed by atoms with van der Waals surface area (Å²) in [7, 11) is 0. The van der Waals surface area contributed by atoms with E-state index in [9.17, 15) is 19.8 Å². The summed E-state index contributed by atoms with van der Waals surface area (Å²) in [4.78, 5) is 46.8. The van der Waals surface area contributed by atoms with Gasteiger partial charge in [-0.2, -0.15) is 0 Å². The van der Waals surface area contributed by atoms with E-state index in [2.05, 4.69) is 64.4 Å². The number of aromatic hydroxyl groups is 1. The lowest BCUT2D eigenvalue weighted by Crippen LogP contribution is -2.54. The van der Waals surface area contributed by atoms with E-state index in [-0.39, 0.29) is 72.9 Å². The standard InChI is InChI=1S/C58H71N11O8S/c1-33(2)54(58(73)68-31-42(70)24-49(68)57(72)62-35(4)37-10-12-38(13-11-37)55-36(5)61-32-78-55)51-28-53(65-77-51)74-21-20-66-19-17-43(22-34(66)3)75-44-25-45(26-44)76-52-23-39(16-18-60-52)69-40-14-15-41(69)30-67(29-40)48-27-47(63-64-56(48)59)46-8-6-7-9-50(46)71/h6-13,16,18,23,27-28,32-35,40-45,49,54,70-71H,14-15,17,19-22,24-26,29-31H2,1-5H3,(H2,59,64)(H,62,72)/t34-,35-,40?,41?,42+,43-,44?,45?,49-,54+/m0/s1. The summed E-state index contributed by atoms with van der Waals surface area (Å²) in [5.41, 5.74) is 14.4. The first-order valence-corrected chi connectivity index (χ1v) is 28.5. The number of para-hydroxylation sites is 1. The first kappa shape index (κ1) is 53.1. The van der Waals surface area contributed by atoms with E-state index in [1.54, 1.807) is 29.5 Å². The number of hydrogen-bond donors (Lipinski definition) is 4. The Labute approximate surface area is 459 Å². The highest BCUT2D eigenvalue weighted by Crippen LogP contribution is 2.41. The Morgan fingerprint density at radius 1 is 0.897 bits per heavy atom. The fourth-order valence-electron chi connectivity index (χ4n) is 12.3. The molecule has 6 aromatic rings. The molecular formula is C58H71N11O8S. The number of amides is 2. The maximum absolute atomic E-state index is 14.3. The highest BCUT2D eigenvalue weighted by molar-refractivity contribution is 7.13. The van der Waals surface area contributed by atoms with E-state index in [0.29, 0.717) is 53.8 Å². The molecule has 4 aromatic heterocycles. The number of ether oxygens (including phenoxy) is 3. The number of carbonyl (C=O) groups excluding carboxylic acids is 2. The summed E-state index contributed by atoms with van der Waals surface area (Å²) >= 11 is 1.59. The fourth-order valence-corrected chi connectivity index (χ4v) is 13.1. The number of fused-ring (bicyclic) bond motifs is 2. The second-order valence-corrected chi connectivity index (χ2v) is 23.1. The minimum atomic E-state index is -0.832. The van der Waals surface area contributed by atoms with Gasteiger partial charge >= 0.3 is 0 Å². The fraction of sp³-hybridized carbons (Fsp3) is 0.500. The normalized spacial score (nSPS) is 25.0. The van der Waals surface area contributed by atoms with Crippen LogP contribution in [0.3, 0.4) is 0 Å². The summed E-state index contributed by atoms with van der Waals surface area (Å²) in [5, 5.41) is 37.0. The SMILES string of the molecule is Cc1ncsc1-c1ccc([C@H](C)NC(=O)[C@@H]2C[C@@H](O)CN2C(=O)[C@@H](c2cc(OCCN3CC[C@H](OC4CC(Oc5cc(N6C7CCC6CN(c6cc(-c8ccccc8O)nnc6N)C7)ccn5)C4)C[C@@H]3C)no2)C(C)C)cc1. The van der Waals surface area contributed by atoms with E-state index in [1.165, 1.54) is 4.90 Å². The number of nitrogens with one attached hydrogen (secondary N) is 1. The molecular weight excluding hydrogens is 1010 g/mol. The average Bonchev–Trinajstić information content (AvgIpc) is 4.31. The van der Waals surface area contributed by atoms with Crippen LogP contribution in [0.25, 0.3) is 21.7 Å². The van der Waals surface area contributed by atoms with Gasteiger partial charge in [-0.15, -0.1) is 21.5 Å². The van der Waals surface area contributed by atoms with Crippen molar-refractivity contribution in [3.05, 3.63) is 102 Å². The number of hydrogen-bond acceptors (Lipinski definition) is 18. The van der Waals surface area contributed by atoms with E-state index >= 15 is 0 Å². The maximum Gasteiger partial charge on any atom is 0.254 e. The molecule has 19 nitrogen and oxygen atoms in total. The molecule has 2 aromatic carbocycles. The maximum atomic E-state index is 14.3. The van der Waals surface area contributed by atoms with Crippen LogP contribution < -0.4 is 30.3 Å². The Morgan fingerprint density at radius 2 is 1.68 bits per heavy atom. The van der Waals surface area contributed by atoms with Crippen molar-refractivity contribution in [3.63, 3.8) is 0 Å². The molecule has 1 saturated carbocycles. The van der Waals surface area contributed by atoms with E-state index in [1.807, 2.05) is 81.9 Å². The zero-order chi connectivity index (χ0) is 54.2. The van der Waals surface area contributed by atoms with Gasteiger partial charge < -0.3 is 54.7 Å². The number of aryl methyl sites for hydroxylation is 1. The van der Waals surface area contributed by atoms with Gasteiger partial charge in [0, 0.05) is 99.7 Å². The lowest BCUT2D eigenvalue weighted by molar-refractivity contribution is -0.141. The van der Waals surface area contributed by atoms with Crippen molar-refractivity contribution in [3.8, 4) is 39.2 Å². The van der Waals surface area contributed by atoms with Crippen LogP contribution in [0.2, 0.25) is 0 Å². The van der Waals surface area contributed by atoms with E-state index in [0.717, 1.165) is 91.2 Å². The predicted octanol–water partition coefficient (Wildman–Crippen LogP) is 7.54. The number of pyridine rings is 1. The molecule has 2 unspecified atom stereocenters. The van der Waals surface area contributed by atoms with Gasteiger partial charge in [0.1, 0.15) is 30.4 Å². The molecule has 2 bridgehead atoms. The summed E-state index contributed by atoms with van der Waals surface area (Å²) in [6, 6.07) is 22.7. The number of aromatic nitrogens is 5. The number of piperidine rings is 1. The number of likely N-dealkylation sites (tertiary alicyclic amines) is 2. The van der Waals surface area contributed by atoms with Crippen molar-refractivity contribution in [2.24, 2.45) is 5.92 Å². The first-order chi connectivity index (χ1) is 37.7. The van der Waals surface area contributed by atoms with Crippen LogP contribution in [-0.2, 0) is 14.3 Å². The molecule has 412 valence electrons. The van der Waals surface area contributed by atoms with Crippen LogP contribution in [0.1, 0.15) is 102 Å². The largest absolute Gasteiger partial charge is 0.507 e. The highest BCUT2D eigenvalue weighted by Gasteiger charge is 2.45. The number of nitrogen functional groups attached to an aromatic ring is 1. The van der Waals surface area contributed by atoms with Gasteiger partial charge in [-0.1, -0.05) is 50.2 Å². The lowest BCUT2D eigenvalue weighted by Gasteiger charge is -2.43. The smallest absolute Gasteiger partial charge is 0.254 e. The van der Waals surface area contributed by atoms with Crippen LogP contribution in [-0.4, -0.2) is 145 Å². The monoisotopic (exact) mass is 1080 g/mol. The van der Waals surface area contributed by atoms with Crippen molar-refractivity contribution in [1.82, 2.24) is 40.4 Å². The second kappa shape index (κ2) is 22.8. The van der Waals surface area contributed by atoms with Crippen molar-refractivity contribution >= 4 is 40.3 Å². The van der Waals surface area contributed by atoms with Crippen LogP contribution in [0.5, 0.6) is 17.5 Å². The number of piperazine rings is 1. The summed E-state index contributed by atoms with van der Waals surface area (Å²) in [6.45, 7) is 13.6. The Balaban J connectivity index is 0.610. The van der Waals surface area contributed by atoms with E-state index in [4.69, 9.17) is 24.5 Å². The van der Waals surface area contributed by atoms with Crippen LogP contribution in [0.4, 0.5) is 17.2 Å². The second-order valence-electron chi connectivity index (χ2n) is 22.2. The van der Waals surface area contributed by atoms with E-state index < -0.39 is 18.1 Å². The highest BCUT2D eigenvalue weighted by atomic mass is 32.1. The zero-order valence-corrected chi connectivity index (χ0v) is 45.8. The summed E-state index contributed by atoms with van der Waals surface area (Å²) < 4.78 is 24.9. The molecule has 5 fully saturated rings. The Bertz CT molecular complexity index is 3050. The van der Waals surface area contributed by atoms with Crippen LogP contribution in [0.15, 0.2) is 89.0 Å². The molecule has 5 aliphatic rings. The minimum Gasteiger partial charge on any atom is -0.507 e. The third-order valence-corrected chi connectivity index (χ3v) is 17.5. The number of rotatable bonds is 18. The molecule has 4 aliphatic heterocycles. The third-order valence-electron chi connectivity index (χ3n) is 16.5. The van der Waals surface area contributed by atoms with Gasteiger partial charge in [0.05, 0.1) is 51.8 Å². The number of aliphatic hydroxyl groups is 1. The van der Waals surface area contributed by atoms with Crippen molar-refractivity contribution < 1.29 is 38.5 Å². The number of benzene rings is 2. The van der Waals surface area contributed by atoms with Gasteiger partial charge in [-0.3, -0.25) is 14.5 Å². The quantitative estimate of drug-likeness (QED) is 0.0651. The lowest BCUT2D eigenvalue weighted by atomic mass is 9.91. The molecule has 0 radical (unpaired) electrons. The van der Waals surface area contributed by atoms with Crippen LogP contribution in [0, 0.1) is 12.8 Å². The number of β-amino-alcohol motifs (C(OH)–C–C–N with tert-alkyl or cyclic N) is 1. The van der Waals surface area contributed by atoms with Crippen molar-refractivity contribution in [2.45, 2.75) is 140 Å².